The lowest BCUT2D eigenvalue weighted by molar-refractivity contribution is -0.115. The number of rotatable bonds is 7. The fourth-order valence-electron chi connectivity index (χ4n) is 2.59. The summed E-state index contributed by atoms with van der Waals surface area (Å²) in [5, 5.41) is 11.3. The Kier molecular flexibility index (Phi) is 6.81. The second-order valence-corrected chi connectivity index (χ2v) is 8.53. The number of hydrogen-bond donors (Lipinski definition) is 2. The van der Waals surface area contributed by atoms with Crippen molar-refractivity contribution < 1.29 is 9.53 Å². The molecule has 1 unspecified atom stereocenters. The molecule has 3 rings (SSSR count). The number of nitrogens with two attached hydrogens (primary N) is 1. The minimum Gasteiger partial charge on any atom is -0.494 e. The smallest absolute Gasteiger partial charge is 0.237 e. The standard InChI is InChI=1S/C20H22BrN5O2S/c1-4-28-15-8-6-14(7-9-15)18-24-25-20(26(18)22)29-13(3)19(27)23-17-10-5-12(2)11-16(17)21/h5-11,13H,4,22H2,1-3H3,(H,23,27). The molecule has 0 saturated heterocycles. The predicted octanol–water partition coefficient (Wildman–Crippen LogP) is 4.25. The van der Waals surface area contributed by atoms with Gasteiger partial charge in [0, 0.05) is 10.0 Å². The van der Waals surface area contributed by atoms with Gasteiger partial charge in [-0.1, -0.05) is 17.8 Å². The average molecular weight is 476 g/mol. The first-order chi connectivity index (χ1) is 13.9. The van der Waals surface area contributed by atoms with E-state index in [1.165, 1.54) is 16.4 Å². The number of aromatic nitrogens is 3. The first-order valence-corrected chi connectivity index (χ1v) is 10.7. The molecule has 1 heterocycles. The molecule has 0 aliphatic carbocycles. The van der Waals surface area contributed by atoms with Crippen molar-refractivity contribution in [3.05, 3.63) is 52.5 Å². The van der Waals surface area contributed by atoms with Gasteiger partial charge in [0.1, 0.15) is 5.75 Å². The van der Waals surface area contributed by atoms with Crippen LogP contribution < -0.4 is 15.9 Å². The number of carbonyl (C=O) groups is 1. The lowest BCUT2D eigenvalue weighted by Crippen LogP contribution is -2.23. The van der Waals surface area contributed by atoms with Crippen LogP contribution in [-0.2, 0) is 4.79 Å². The second-order valence-electron chi connectivity index (χ2n) is 6.37. The molecule has 7 nitrogen and oxygen atoms in total. The topological polar surface area (TPSA) is 95.1 Å². The molecule has 3 N–H and O–H groups in total. The Balaban J connectivity index is 1.69. The number of carbonyl (C=O) groups excluding carboxylic acids is 1. The number of thioether (sulfide) groups is 1. The first kappa shape index (κ1) is 21.2. The molecule has 9 heteroatoms. The molecular weight excluding hydrogens is 454 g/mol. The van der Waals surface area contributed by atoms with Crippen molar-refractivity contribution in [1.82, 2.24) is 14.9 Å². The first-order valence-electron chi connectivity index (χ1n) is 9.06. The highest BCUT2D eigenvalue weighted by molar-refractivity contribution is 9.10. The quantitative estimate of drug-likeness (QED) is 0.391. The fraction of sp³-hybridized carbons (Fsp3) is 0.250. The lowest BCUT2D eigenvalue weighted by atomic mass is 10.2. The number of hydrogen-bond acceptors (Lipinski definition) is 6. The van der Waals surface area contributed by atoms with Gasteiger partial charge in [-0.25, -0.2) is 4.68 Å². The summed E-state index contributed by atoms with van der Waals surface area (Å²) in [6.07, 6.45) is 0. The van der Waals surface area contributed by atoms with Crippen molar-refractivity contribution in [3.8, 4) is 17.1 Å². The summed E-state index contributed by atoms with van der Waals surface area (Å²) in [4.78, 5) is 12.6. The third-order valence-corrected chi connectivity index (χ3v) is 5.83. The number of benzene rings is 2. The van der Waals surface area contributed by atoms with Gasteiger partial charge in [-0.15, -0.1) is 10.2 Å². The fourth-order valence-corrected chi connectivity index (χ4v) is 3.95. The van der Waals surface area contributed by atoms with Gasteiger partial charge in [-0.3, -0.25) is 4.79 Å². The molecule has 1 atom stereocenters. The van der Waals surface area contributed by atoms with Crippen molar-refractivity contribution in [2.75, 3.05) is 17.8 Å². The van der Waals surface area contributed by atoms with Crippen LogP contribution in [0, 0.1) is 6.92 Å². The van der Waals surface area contributed by atoms with Crippen LogP contribution in [0.3, 0.4) is 0 Å². The molecule has 0 saturated carbocycles. The normalized spacial score (nSPS) is 11.9. The summed E-state index contributed by atoms with van der Waals surface area (Å²) in [6.45, 7) is 6.33. The number of nitrogen functional groups attached to an aromatic ring is 1. The Labute approximate surface area is 182 Å². The number of anilines is 1. The third kappa shape index (κ3) is 5.10. The molecule has 0 fully saturated rings. The average Bonchev–Trinajstić information content (AvgIpc) is 3.05. The molecule has 0 aliphatic rings. The van der Waals surface area contributed by atoms with Crippen LogP contribution in [0.4, 0.5) is 5.69 Å². The van der Waals surface area contributed by atoms with Gasteiger partial charge in [0.2, 0.25) is 11.1 Å². The van der Waals surface area contributed by atoms with Crippen molar-refractivity contribution in [2.45, 2.75) is 31.2 Å². The van der Waals surface area contributed by atoms with Crippen LogP contribution in [0.15, 0.2) is 52.1 Å². The maximum atomic E-state index is 12.6. The van der Waals surface area contributed by atoms with Crippen molar-refractivity contribution in [1.29, 1.82) is 0 Å². The number of ether oxygens (including phenoxy) is 1. The van der Waals surface area contributed by atoms with E-state index in [9.17, 15) is 4.79 Å². The molecule has 3 aromatic rings. The van der Waals surface area contributed by atoms with E-state index in [0.29, 0.717) is 17.6 Å². The zero-order chi connectivity index (χ0) is 21.0. The Morgan fingerprint density at radius 1 is 1.28 bits per heavy atom. The van der Waals surface area contributed by atoms with Gasteiger partial charge < -0.3 is 15.9 Å². The van der Waals surface area contributed by atoms with Crippen molar-refractivity contribution >= 4 is 39.3 Å². The SMILES string of the molecule is CCOc1ccc(-c2nnc(SC(C)C(=O)Nc3ccc(C)cc3Br)n2N)cc1. The maximum absolute atomic E-state index is 12.6. The van der Waals surface area contributed by atoms with Gasteiger partial charge in [-0.2, -0.15) is 0 Å². The number of amides is 1. The molecule has 1 amide bonds. The van der Waals surface area contributed by atoms with Gasteiger partial charge in [0.15, 0.2) is 5.82 Å². The highest BCUT2D eigenvalue weighted by atomic mass is 79.9. The summed E-state index contributed by atoms with van der Waals surface area (Å²) in [7, 11) is 0. The van der Waals surface area contributed by atoms with E-state index in [0.717, 1.165) is 27.0 Å². The van der Waals surface area contributed by atoms with Crippen molar-refractivity contribution in [2.24, 2.45) is 0 Å². The van der Waals surface area contributed by atoms with Crippen LogP contribution >= 0.6 is 27.7 Å². The second kappa shape index (κ2) is 9.32. The van der Waals surface area contributed by atoms with Crippen LogP contribution in [-0.4, -0.2) is 32.6 Å². The number of nitrogens with zero attached hydrogens (tertiary/aromatic N) is 3. The zero-order valence-corrected chi connectivity index (χ0v) is 18.8. The summed E-state index contributed by atoms with van der Waals surface area (Å²) in [5.74, 6) is 7.32. The third-order valence-electron chi connectivity index (χ3n) is 4.12. The van der Waals surface area contributed by atoms with E-state index in [1.54, 1.807) is 6.92 Å². The number of halogens is 1. The molecule has 29 heavy (non-hydrogen) atoms. The van der Waals surface area contributed by atoms with Crippen molar-refractivity contribution in [3.63, 3.8) is 0 Å². The van der Waals surface area contributed by atoms with E-state index in [4.69, 9.17) is 10.6 Å². The van der Waals surface area contributed by atoms with E-state index >= 15 is 0 Å². The van der Waals surface area contributed by atoms with Gasteiger partial charge in [-0.05, 0) is 78.7 Å². The predicted molar refractivity (Wildman–Crippen MR) is 120 cm³/mol. The van der Waals surface area contributed by atoms with Gasteiger partial charge in [0.05, 0.1) is 17.5 Å². The Hall–Kier alpha value is -2.52. The molecule has 152 valence electrons. The van der Waals surface area contributed by atoms with Crippen LogP contribution in [0.25, 0.3) is 11.4 Å². The van der Waals surface area contributed by atoms with E-state index in [2.05, 4.69) is 31.4 Å². The molecule has 0 bridgehead atoms. The van der Waals surface area contributed by atoms with E-state index in [-0.39, 0.29) is 5.91 Å². The Bertz CT molecular complexity index is 1010. The molecule has 0 aliphatic heterocycles. The molecule has 1 aromatic heterocycles. The Morgan fingerprint density at radius 3 is 2.66 bits per heavy atom. The van der Waals surface area contributed by atoms with E-state index in [1.807, 2.05) is 56.3 Å². The zero-order valence-electron chi connectivity index (χ0n) is 16.3. The molecular formula is C20H22BrN5O2S. The minimum atomic E-state index is -0.414. The maximum Gasteiger partial charge on any atom is 0.237 e. The summed E-state index contributed by atoms with van der Waals surface area (Å²) < 4.78 is 7.68. The molecule has 0 spiro atoms. The largest absolute Gasteiger partial charge is 0.494 e. The number of nitrogens with one attached hydrogen (secondary N) is 1. The molecule has 2 aromatic carbocycles. The van der Waals surface area contributed by atoms with Gasteiger partial charge >= 0.3 is 0 Å². The van der Waals surface area contributed by atoms with Crippen LogP contribution in [0.1, 0.15) is 19.4 Å². The van der Waals surface area contributed by atoms with Crippen LogP contribution in [0.5, 0.6) is 5.75 Å². The minimum absolute atomic E-state index is 0.148. The Morgan fingerprint density at radius 2 is 2.00 bits per heavy atom. The summed E-state index contributed by atoms with van der Waals surface area (Å²) in [5.41, 5.74) is 2.64. The van der Waals surface area contributed by atoms with Gasteiger partial charge in [0.25, 0.3) is 0 Å². The summed E-state index contributed by atoms with van der Waals surface area (Å²) in [6, 6.07) is 13.2. The lowest BCUT2D eigenvalue weighted by Gasteiger charge is -2.13. The monoisotopic (exact) mass is 475 g/mol. The molecule has 0 radical (unpaired) electrons. The highest BCUT2D eigenvalue weighted by Crippen LogP contribution is 2.28. The van der Waals surface area contributed by atoms with Crippen LogP contribution in [0.2, 0.25) is 0 Å². The van der Waals surface area contributed by atoms with E-state index < -0.39 is 5.25 Å². The summed E-state index contributed by atoms with van der Waals surface area (Å²) >= 11 is 4.72. The number of aryl methyl sites for hydroxylation is 1. The highest BCUT2D eigenvalue weighted by Gasteiger charge is 2.20.